The summed E-state index contributed by atoms with van der Waals surface area (Å²) in [4.78, 5) is 0. The predicted octanol–water partition coefficient (Wildman–Crippen LogP) is 2.58. The summed E-state index contributed by atoms with van der Waals surface area (Å²) in [6, 6.07) is 0. The van der Waals surface area contributed by atoms with Crippen LogP contribution in [0.5, 0.6) is 0 Å². The van der Waals surface area contributed by atoms with E-state index >= 15 is 0 Å². The van der Waals surface area contributed by atoms with Gasteiger partial charge in [0.1, 0.15) is 0 Å². The zero-order valence-electron chi connectivity index (χ0n) is 6.81. The van der Waals surface area contributed by atoms with Gasteiger partial charge in [0.2, 0.25) is 0 Å². The molecule has 0 aliphatic carbocycles. The van der Waals surface area contributed by atoms with Gasteiger partial charge in [-0.3, -0.25) is 0 Å². The van der Waals surface area contributed by atoms with Gasteiger partial charge in [-0.15, -0.1) is 0 Å². The van der Waals surface area contributed by atoms with Crippen LogP contribution in [0, 0.1) is 6.92 Å². The van der Waals surface area contributed by atoms with Crippen LogP contribution in [-0.4, -0.2) is 13.7 Å². The van der Waals surface area contributed by atoms with Crippen LogP contribution in [0.1, 0.15) is 25.7 Å². The second-order valence-electron chi connectivity index (χ2n) is 2.25. The molecule has 0 aliphatic rings. The van der Waals surface area contributed by atoms with Crippen molar-refractivity contribution >= 4 is 0 Å². The summed E-state index contributed by atoms with van der Waals surface area (Å²) in [5.74, 6) is 0. The summed E-state index contributed by atoms with van der Waals surface area (Å²) in [7, 11) is 1.74. The van der Waals surface area contributed by atoms with Crippen LogP contribution in [0.4, 0.5) is 0 Å². The molecule has 0 spiro atoms. The van der Waals surface area contributed by atoms with Gasteiger partial charge in [-0.2, -0.15) is 0 Å². The van der Waals surface area contributed by atoms with Crippen molar-refractivity contribution in [1.29, 1.82) is 0 Å². The molecule has 59 valence electrons. The van der Waals surface area contributed by atoms with Crippen molar-refractivity contribution in [3.8, 4) is 0 Å². The van der Waals surface area contributed by atoms with Gasteiger partial charge in [0, 0.05) is 13.7 Å². The Morgan fingerprint density at radius 2 is 2.10 bits per heavy atom. The fourth-order valence-corrected chi connectivity index (χ4v) is 0.744. The molecular formula is C9H17O. The number of ether oxygens (including phenoxy) is 1. The predicted molar refractivity (Wildman–Crippen MR) is 44.8 cm³/mol. The number of hydrogen-bond acceptors (Lipinski definition) is 1. The van der Waals surface area contributed by atoms with Gasteiger partial charge in [-0.25, -0.2) is 0 Å². The molecule has 10 heavy (non-hydrogen) atoms. The highest BCUT2D eigenvalue weighted by Gasteiger charge is 1.82. The first-order chi connectivity index (χ1) is 4.91. The molecule has 0 unspecified atom stereocenters. The molecule has 0 aromatic carbocycles. The molecule has 0 aromatic heterocycles. The van der Waals surface area contributed by atoms with Crippen LogP contribution in [-0.2, 0) is 4.74 Å². The van der Waals surface area contributed by atoms with E-state index in [0.717, 1.165) is 19.4 Å². The van der Waals surface area contributed by atoms with Crippen LogP contribution < -0.4 is 0 Å². The molecule has 1 radical (unpaired) electrons. The minimum Gasteiger partial charge on any atom is -0.385 e. The Bertz CT molecular complexity index is 76.8. The molecule has 0 fully saturated rings. The molecule has 0 saturated carbocycles. The Hall–Kier alpha value is -0.300. The van der Waals surface area contributed by atoms with E-state index in [1.807, 2.05) is 0 Å². The van der Waals surface area contributed by atoms with Gasteiger partial charge in [-0.05, 0) is 32.6 Å². The largest absolute Gasteiger partial charge is 0.385 e. The smallest absolute Gasteiger partial charge is 0.0462 e. The SMILES string of the molecule is [CH2]C/C=C/CCCCOC. The van der Waals surface area contributed by atoms with Crippen LogP contribution >= 0.6 is 0 Å². The normalized spacial score (nSPS) is 11.0. The van der Waals surface area contributed by atoms with Crippen molar-refractivity contribution in [1.82, 2.24) is 0 Å². The van der Waals surface area contributed by atoms with Gasteiger partial charge in [0.15, 0.2) is 0 Å². The second-order valence-corrected chi connectivity index (χ2v) is 2.25. The Morgan fingerprint density at radius 1 is 1.30 bits per heavy atom. The van der Waals surface area contributed by atoms with Gasteiger partial charge in [0.05, 0.1) is 0 Å². The maximum absolute atomic E-state index is 4.91. The molecule has 1 heteroatoms. The number of allylic oxidation sites excluding steroid dienone is 2. The maximum Gasteiger partial charge on any atom is 0.0462 e. The van der Waals surface area contributed by atoms with Crippen molar-refractivity contribution in [2.45, 2.75) is 25.7 Å². The van der Waals surface area contributed by atoms with Crippen LogP contribution in [0.2, 0.25) is 0 Å². The van der Waals surface area contributed by atoms with E-state index in [0.29, 0.717) is 0 Å². The van der Waals surface area contributed by atoms with E-state index in [-0.39, 0.29) is 0 Å². The maximum atomic E-state index is 4.91. The lowest BCUT2D eigenvalue weighted by Crippen LogP contribution is -1.86. The molecule has 0 rings (SSSR count). The first kappa shape index (κ1) is 9.70. The number of rotatable bonds is 6. The lowest BCUT2D eigenvalue weighted by Gasteiger charge is -1.94. The van der Waals surface area contributed by atoms with Crippen molar-refractivity contribution in [2.75, 3.05) is 13.7 Å². The van der Waals surface area contributed by atoms with E-state index in [4.69, 9.17) is 4.74 Å². The van der Waals surface area contributed by atoms with E-state index in [1.54, 1.807) is 7.11 Å². The van der Waals surface area contributed by atoms with Crippen LogP contribution in [0.3, 0.4) is 0 Å². The molecule has 0 atom stereocenters. The lowest BCUT2D eigenvalue weighted by molar-refractivity contribution is 0.193. The Kier molecular flexibility index (Phi) is 8.44. The minimum absolute atomic E-state index is 0.887. The molecule has 0 bridgehead atoms. The second kappa shape index (κ2) is 8.70. The average molecular weight is 141 g/mol. The summed E-state index contributed by atoms with van der Waals surface area (Å²) in [5.41, 5.74) is 0. The van der Waals surface area contributed by atoms with Gasteiger partial charge in [0.25, 0.3) is 0 Å². The third-order valence-electron chi connectivity index (χ3n) is 1.30. The Labute approximate surface area is 64.1 Å². The summed E-state index contributed by atoms with van der Waals surface area (Å²) in [6.07, 6.45) is 8.75. The van der Waals surface area contributed by atoms with E-state index in [2.05, 4.69) is 19.1 Å². The number of methoxy groups -OCH3 is 1. The average Bonchev–Trinajstić information content (AvgIpc) is 1.97. The zero-order valence-corrected chi connectivity index (χ0v) is 6.81. The monoisotopic (exact) mass is 141 g/mol. The molecule has 0 aromatic rings. The Morgan fingerprint density at radius 3 is 2.70 bits per heavy atom. The van der Waals surface area contributed by atoms with Gasteiger partial charge in [-0.1, -0.05) is 12.2 Å². The standard InChI is InChI=1S/C9H17O/c1-3-4-5-6-7-8-9-10-2/h4-5H,1,3,6-9H2,2H3/b5-4+. The van der Waals surface area contributed by atoms with Crippen LogP contribution in [0.25, 0.3) is 0 Å². The lowest BCUT2D eigenvalue weighted by atomic mass is 10.2. The molecule has 0 aliphatic heterocycles. The topological polar surface area (TPSA) is 9.23 Å². The molecule has 0 heterocycles. The highest BCUT2D eigenvalue weighted by Crippen LogP contribution is 1.96. The zero-order chi connectivity index (χ0) is 7.66. The van der Waals surface area contributed by atoms with Crippen LogP contribution in [0.15, 0.2) is 12.2 Å². The van der Waals surface area contributed by atoms with E-state index in [9.17, 15) is 0 Å². The van der Waals surface area contributed by atoms with Crippen molar-refractivity contribution in [3.63, 3.8) is 0 Å². The fraction of sp³-hybridized carbons (Fsp3) is 0.667. The number of unbranched alkanes of at least 4 members (excludes halogenated alkanes) is 2. The van der Waals surface area contributed by atoms with E-state index < -0.39 is 0 Å². The molecule has 0 saturated heterocycles. The molecular weight excluding hydrogens is 124 g/mol. The van der Waals surface area contributed by atoms with Crippen molar-refractivity contribution < 1.29 is 4.74 Å². The Balaban J connectivity index is 2.83. The fourth-order valence-electron chi connectivity index (χ4n) is 0.744. The highest BCUT2D eigenvalue weighted by molar-refractivity contribution is 4.81. The van der Waals surface area contributed by atoms with Crippen molar-refractivity contribution in [2.24, 2.45) is 0 Å². The first-order valence-electron chi connectivity index (χ1n) is 3.85. The summed E-state index contributed by atoms with van der Waals surface area (Å²) in [5, 5.41) is 0. The molecule has 1 nitrogen and oxygen atoms in total. The summed E-state index contributed by atoms with van der Waals surface area (Å²) < 4.78 is 4.91. The first-order valence-corrected chi connectivity index (χ1v) is 3.85. The minimum atomic E-state index is 0.887. The molecule has 0 N–H and O–H groups in total. The quantitative estimate of drug-likeness (QED) is 0.408. The summed E-state index contributed by atoms with van der Waals surface area (Å²) >= 11 is 0. The third-order valence-corrected chi connectivity index (χ3v) is 1.30. The van der Waals surface area contributed by atoms with Crippen molar-refractivity contribution in [3.05, 3.63) is 19.1 Å². The number of hydrogen-bond donors (Lipinski definition) is 0. The van der Waals surface area contributed by atoms with Gasteiger partial charge < -0.3 is 4.74 Å². The highest BCUT2D eigenvalue weighted by atomic mass is 16.5. The van der Waals surface area contributed by atoms with E-state index in [1.165, 1.54) is 12.8 Å². The third kappa shape index (κ3) is 7.70. The molecule has 0 amide bonds. The summed E-state index contributed by atoms with van der Waals surface area (Å²) in [6.45, 7) is 4.60. The van der Waals surface area contributed by atoms with Gasteiger partial charge >= 0.3 is 0 Å².